The van der Waals surface area contributed by atoms with E-state index in [4.69, 9.17) is 4.42 Å². The van der Waals surface area contributed by atoms with Gasteiger partial charge in [0.2, 0.25) is 0 Å². The zero-order valence-electron chi connectivity index (χ0n) is 13.3. The molecule has 0 unspecified atom stereocenters. The molecule has 2 aliphatic heterocycles. The summed E-state index contributed by atoms with van der Waals surface area (Å²) in [5.41, 5.74) is 0.793. The maximum atomic E-state index is 12.6. The van der Waals surface area contributed by atoms with Gasteiger partial charge in [-0.3, -0.25) is 9.69 Å². The normalized spacial score (nSPS) is 26.0. The SMILES string of the molecule is C[C@@H]1C[C@H](C)CN(C(=O)c2nc3c(o2)CCN(CCF)C3)C1. The van der Waals surface area contributed by atoms with E-state index >= 15 is 0 Å². The van der Waals surface area contributed by atoms with Crippen molar-refractivity contribution < 1.29 is 13.6 Å². The summed E-state index contributed by atoms with van der Waals surface area (Å²) in [6.07, 6.45) is 1.85. The summed E-state index contributed by atoms with van der Waals surface area (Å²) in [5.74, 6) is 1.91. The quantitative estimate of drug-likeness (QED) is 0.858. The minimum Gasteiger partial charge on any atom is -0.437 e. The lowest BCUT2D eigenvalue weighted by Crippen LogP contribution is -2.42. The minimum atomic E-state index is -0.359. The average Bonchev–Trinajstić information content (AvgIpc) is 2.89. The molecule has 1 aromatic heterocycles. The van der Waals surface area contributed by atoms with E-state index in [0.717, 1.165) is 37.5 Å². The van der Waals surface area contributed by atoms with Gasteiger partial charge in [-0.15, -0.1) is 0 Å². The molecular formula is C16H24FN3O2. The number of amides is 1. The summed E-state index contributed by atoms with van der Waals surface area (Å²) in [7, 11) is 0. The number of rotatable bonds is 3. The number of alkyl halides is 1. The summed E-state index contributed by atoms with van der Waals surface area (Å²) in [6, 6.07) is 0. The van der Waals surface area contributed by atoms with Crippen LogP contribution in [0, 0.1) is 11.8 Å². The van der Waals surface area contributed by atoms with Crippen LogP contribution >= 0.6 is 0 Å². The number of hydrogen-bond donors (Lipinski definition) is 0. The smallest absolute Gasteiger partial charge is 0.309 e. The van der Waals surface area contributed by atoms with E-state index < -0.39 is 0 Å². The molecule has 122 valence electrons. The molecule has 0 radical (unpaired) electrons. The van der Waals surface area contributed by atoms with Crippen molar-refractivity contribution in [3.8, 4) is 0 Å². The molecule has 0 aromatic carbocycles. The van der Waals surface area contributed by atoms with Crippen LogP contribution in [0.4, 0.5) is 4.39 Å². The number of piperidine rings is 1. The molecule has 1 saturated heterocycles. The van der Waals surface area contributed by atoms with Crippen LogP contribution < -0.4 is 0 Å². The third-order valence-electron chi connectivity index (χ3n) is 4.55. The van der Waals surface area contributed by atoms with E-state index in [0.29, 0.717) is 31.3 Å². The Labute approximate surface area is 130 Å². The monoisotopic (exact) mass is 309 g/mol. The van der Waals surface area contributed by atoms with E-state index in [2.05, 4.69) is 18.8 Å². The first kappa shape index (κ1) is 15.5. The Morgan fingerprint density at radius 1 is 1.36 bits per heavy atom. The molecule has 6 heteroatoms. The maximum Gasteiger partial charge on any atom is 0.309 e. The van der Waals surface area contributed by atoms with Crippen LogP contribution in [0.2, 0.25) is 0 Å². The van der Waals surface area contributed by atoms with Gasteiger partial charge in [0.05, 0.1) is 5.69 Å². The first-order chi connectivity index (χ1) is 10.6. The molecule has 2 aliphatic rings. The number of likely N-dealkylation sites (tertiary alicyclic amines) is 1. The molecule has 1 aromatic rings. The third-order valence-corrected chi connectivity index (χ3v) is 4.55. The fourth-order valence-electron chi connectivity index (χ4n) is 3.62. The molecule has 0 aliphatic carbocycles. The molecule has 1 fully saturated rings. The van der Waals surface area contributed by atoms with Gasteiger partial charge in [0.15, 0.2) is 0 Å². The highest BCUT2D eigenvalue weighted by atomic mass is 19.1. The second-order valence-electron chi connectivity index (χ2n) is 6.76. The van der Waals surface area contributed by atoms with E-state index in [1.807, 2.05) is 9.80 Å². The predicted molar refractivity (Wildman–Crippen MR) is 80.3 cm³/mol. The van der Waals surface area contributed by atoms with Gasteiger partial charge in [-0.25, -0.2) is 9.37 Å². The van der Waals surface area contributed by atoms with Gasteiger partial charge < -0.3 is 9.32 Å². The minimum absolute atomic E-state index is 0.107. The van der Waals surface area contributed by atoms with E-state index in [9.17, 15) is 9.18 Å². The number of aromatic nitrogens is 1. The van der Waals surface area contributed by atoms with Gasteiger partial charge in [0, 0.05) is 39.1 Å². The lowest BCUT2D eigenvalue weighted by atomic mass is 9.92. The molecule has 0 N–H and O–H groups in total. The van der Waals surface area contributed by atoms with E-state index in [1.165, 1.54) is 0 Å². The first-order valence-electron chi connectivity index (χ1n) is 8.13. The van der Waals surface area contributed by atoms with Gasteiger partial charge in [0.25, 0.3) is 5.89 Å². The van der Waals surface area contributed by atoms with E-state index in [-0.39, 0.29) is 18.5 Å². The summed E-state index contributed by atoms with van der Waals surface area (Å²) < 4.78 is 18.2. The molecule has 0 spiro atoms. The molecule has 1 amide bonds. The van der Waals surface area contributed by atoms with Crippen molar-refractivity contribution in [2.45, 2.75) is 33.2 Å². The molecule has 22 heavy (non-hydrogen) atoms. The van der Waals surface area contributed by atoms with Crippen molar-refractivity contribution in [1.29, 1.82) is 0 Å². The van der Waals surface area contributed by atoms with Crippen LogP contribution in [0.5, 0.6) is 0 Å². The molecule has 3 rings (SSSR count). The Morgan fingerprint density at radius 2 is 2.09 bits per heavy atom. The molecule has 3 heterocycles. The number of hydrogen-bond acceptors (Lipinski definition) is 4. The van der Waals surface area contributed by atoms with Crippen molar-refractivity contribution in [3.63, 3.8) is 0 Å². The van der Waals surface area contributed by atoms with Crippen molar-refractivity contribution in [2.24, 2.45) is 11.8 Å². The standard InChI is InChI=1S/C16H24FN3O2/c1-11-7-12(2)9-20(8-11)16(21)15-18-13-10-19(6-4-17)5-3-14(13)22-15/h11-12H,3-10H2,1-2H3/t11-,12+. The lowest BCUT2D eigenvalue weighted by Gasteiger charge is -2.34. The Balaban J connectivity index is 1.72. The largest absolute Gasteiger partial charge is 0.437 e. The zero-order chi connectivity index (χ0) is 15.7. The summed E-state index contributed by atoms with van der Waals surface area (Å²) >= 11 is 0. The van der Waals surface area contributed by atoms with Gasteiger partial charge in [-0.05, 0) is 18.3 Å². The number of oxazole rings is 1. The van der Waals surface area contributed by atoms with Crippen LogP contribution in [0.3, 0.4) is 0 Å². The van der Waals surface area contributed by atoms with Crippen molar-refractivity contribution >= 4 is 5.91 Å². The Kier molecular flexibility index (Phi) is 4.47. The van der Waals surface area contributed by atoms with Gasteiger partial charge in [-0.1, -0.05) is 13.8 Å². The van der Waals surface area contributed by atoms with Gasteiger partial charge in [-0.2, -0.15) is 0 Å². The van der Waals surface area contributed by atoms with Crippen molar-refractivity contribution in [1.82, 2.24) is 14.8 Å². The topological polar surface area (TPSA) is 49.6 Å². The van der Waals surface area contributed by atoms with Crippen molar-refractivity contribution in [3.05, 3.63) is 17.3 Å². The van der Waals surface area contributed by atoms with E-state index in [1.54, 1.807) is 0 Å². The first-order valence-corrected chi connectivity index (χ1v) is 8.13. The number of carbonyl (C=O) groups excluding carboxylic acids is 1. The van der Waals surface area contributed by atoms with Crippen LogP contribution in [-0.4, -0.2) is 53.5 Å². The predicted octanol–water partition coefficient (Wildman–Crippen LogP) is 2.12. The summed E-state index contributed by atoms with van der Waals surface area (Å²) in [5, 5.41) is 0. The van der Waals surface area contributed by atoms with Crippen LogP contribution in [0.15, 0.2) is 4.42 Å². The molecular weight excluding hydrogens is 285 g/mol. The highest BCUT2D eigenvalue weighted by Gasteiger charge is 2.31. The third kappa shape index (κ3) is 3.16. The Hall–Kier alpha value is -1.43. The maximum absolute atomic E-state index is 12.6. The summed E-state index contributed by atoms with van der Waals surface area (Å²) in [6.45, 7) is 7.27. The fraction of sp³-hybridized carbons (Fsp3) is 0.750. The molecule has 0 saturated carbocycles. The fourth-order valence-corrected chi connectivity index (χ4v) is 3.62. The molecule has 0 bridgehead atoms. The van der Waals surface area contributed by atoms with Crippen molar-refractivity contribution in [2.75, 3.05) is 32.9 Å². The second-order valence-corrected chi connectivity index (χ2v) is 6.76. The molecule has 2 atom stereocenters. The highest BCUT2D eigenvalue weighted by Crippen LogP contribution is 2.24. The van der Waals surface area contributed by atoms with Crippen LogP contribution in [0.25, 0.3) is 0 Å². The average molecular weight is 309 g/mol. The number of carbonyl (C=O) groups is 1. The van der Waals surface area contributed by atoms with Crippen LogP contribution in [0.1, 0.15) is 42.4 Å². The van der Waals surface area contributed by atoms with Crippen LogP contribution in [-0.2, 0) is 13.0 Å². The Morgan fingerprint density at radius 3 is 2.77 bits per heavy atom. The number of nitrogens with zero attached hydrogens (tertiary/aromatic N) is 3. The van der Waals surface area contributed by atoms with Gasteiger partial charge in [0.1, 0.15) is 12.4 Å². The number of halogens is 1. The lowest BCUT2D eigenvalue weighted by molar-refractivity contribution is 0.0581. The molecule has 5 nitrogen and oxygen atoms in total. The van der Waals surface area contributed by atoms with Gasteiger partial charge >= 0.3 is 5.91 Å². The zero-order valence-corrected chi connectivity index (χ0v) is 13.3. The summed E-state index contributed by atoms with van der Waals surface area (Å²) in [4.78, 5) is 20.9. The highest BCUT2D eigenvalue weighted by molar-refractivity contribution is 5.89. The number of fused-ring (bicyclic) bond motifs is 1. The Bertz CT molecular complexity index is 535. The second kappa shape index (κ2) is 6.36.